The van der Waals surface area contributed by atoms with Crippen molar-refractivity contribution in [1.82, 2.24) is 5.32 Å². The molecule has 1 aliphatic carbocycles. The van der Waals surface area contributed by atoms with Crippen molar-refractivity contribution < 1.29 is 9.59 Å². The molecule has 1 aromatic carbocycles. The van der Waals surface area contributed by atoms with E-state index in [-0.39, 0.29) is 11.8 Å². The first-order valence-electron chi connectivity index (χ1n) is 6.40. The third-order valence-corrected chi connectivity index (χ3v) is 2.80. The van der Waals surface area contributed by atoms with Crippen LogP contribution in [0.1, 0.15) is 43.0 Å². The molecule has 0 unspecified atom stereocenters. The van der Waals surface area contributed by atoms with E-state index in [1.54, 1.807) is 24.3 Å². The molecule has 0 aromatic heterocycles. The molecule has 4 heteroatoms. The van der Waals surface area contributed by atoms with Gasteiger partial charge < -0.3 is 10.6 Å². The van der Waals surface area contributed by atoms with Gasteiger partial charge in [0.15, 0.2) is 0 Å². The fourth-order valence-corrected chi connectivity index (χ4v) is 1.69. The Labute approximate surface area is 107 Å². The van der Waals surface area contributed by atoms with Gasteiger partial charge in [-0.05, 0) is 37.5 Å². The minimum atomic E-state index is -0.0657. The average molecular weight is 246 g/mol. The molecule has 1 fully saturated rings. The molecule has 1 saturated carbocycles. The van der Waals surface area contributed by atoms with Crippen LogP contribution in [0.4, 0.5) is 5.69 Å². The van der Waals surface area contributed by atoms with Crippen LogP contribution in [-0.4, -0.2) is 17.9 Å². The molecule has 4 nitrogen and oxygen atoms in total. The Morgan fingerprint density at radius 2 is 2.11 bits per heavy atom. The minimum absolute atomic E-state index is 0.0164. The van der Waals surface area contributed by atoms with E-state index in [2.05, 4.69) is 10.6 Å². The summed E-state index contributed by atoms with van der Waals surface area (Å²) in [5, 5.41) is 5.71. The van der Waals surface area contributed by atoms with Gasteiger partial charge in [-0.15, -0.1) is 0 Å². The summed E-state index contributed by atoms with van der Waals surface area (Å²) in [4.78, 5) is 23.3. The Balaban J connectivity index is 1.99. The second-order valence-corrected chi connectivity index (χ2v) is 4.63. The van der Waals surface area contributed by atoms with Gasteiger partial charge in [0.25, 0.3) is 5.91 Å². The maximum absolute atomic E-state index is 11.8. The Bertz CT molecular complexity index is 453. The number of carbonyl (C=O) groups excluding carboxylic acids is 2. The van der Waals surface area contributed by atoms with Crippen molar-refractivity contribution in [3.05, 3.63) is 29.8 Å². The molecular formula is C14H18N2O2. The summed E-state index contributed by atoms with van der Waals surface area (Å²) in [6, 6.07) is 7.39. The lowest BCUT2D eigenvalue weighted by molar-refractivity contribution is -0.116. The number of carbonyl (C=O) groups is 2. The summed E-state index contributed by atoms with van der Waals surface area (Å²) in [5.74, 6) is -0.0821. The second-order valence-electron chi connectivity index (χ2n) is 4.63. The molecule has 0 bridgehead atoms. The van der Waals surface area contributed by atoms with E-state index in [0.29, 0.717) is 23.7 Å². The van der Waals surface area contributed by atoms with Crippen LogP contribution in [0.2, 0.25) is 0 Å². The smallest absolute Gasteiger partial charge is 0.251 e. The molecule has 0 aliphatic heterocycles. The number of nitrogens with one attached hydrogen (secondary N) is 2. The number of rotatable bonds is 5. The summed E-state index contributed by atoms with van der Waals surface area (Å²) < 4.78 is 0. The zero-order chi connectivity index (χ0) is 13.0. The van der Waals surface area contributed by atoms with Crippen LogP contribution < -0.4 is 10.6 Å². The standard InChI is InChI=1S/C14H18N2O2/c1-2-4-13(17)15-12-6-3-5-10(9-12)14(18)16-11-7-8-11/h3,5-6,9,11H,2,4,7-8H2,1H3,(H,15,17)(H,16,18). The highest BCUT2D eigenvalue weighted by Gasteiger charge is 2.23. The van der Waals surface area contributed by atoms with Crippen LogP contribution >= 0.6 is 0 Å². The zero-order valence-electron chi connectivity index (χ0n) is 10.5. The fourth-order valence-electron chi connectivity index (χ4n) is 1.69. The van der Waals surface area contributed by atoms with Gasteiger partial charge in [-0.25, -0.2) is 0 Å². The highest BCUT2D eigenvalue weighted by Crippen LogP contribution is 2.20. The van der Waals surface area contributed by atoms with E-state index < -0.39 is 0 Å². The molecule has 2 amide bonds. The third kappa shape index (κ3) is 3.58. The first-order valence-corrected chi connectivity index (χ1v) is 6.40. The van der Waals surface area contributed by atoms with Gasteiger partial charge in [0.1, 0.15) is 0 Å². The summed E-state index contributed by atoms with van der Waals surface area (Å²) in [5.41, 5.74) is 1.27. The molecule has 2 N–H and O–H groups in total. The number of anilines is 1. The largest absolute Gasteiger partial charge is 0.349 e. The van der Waals surface area contributed by atoms with Crippen LogP contribution in [0.5, 0.6) is 0 Å². The summed E-state index contributed by atoms with van der Waals surface area (Å²) in [6.07, 6.45) is 3.45. The van der Waals surface area contributed by atoms with Crippen molar-refractivity contribution in [2.24, 2.45) is 0 Å². The van der Waals surface area contributed by atoms with Crippen molar-refractivity contribution in [1.29, 1.82) is 0 Å². The van der Waals surface area contributed by atoms with Crippen molar-refractivity contribution in [2.45, 2.75) is 38.6 Å². The van der Waals surface area contributed by atoms with Gasteiger partial charge in [0, 0.05) is 23.7 Å². The van der Waals surface area contributed by atoms with E-state index in [0.717, 1.165) is 19.3 Å². The van der Waals surface area contributed by atoms with Crippen LogP contribution in [0.3, 0.4) is 0 Å². The molecule has 0 atom stereocenters. The minimum Gasteiger partial charge on any atom is -0.349 e. The normalized spacial score (nSPS) is 14.1. The monoisotopic (exact) mass is 246 g/mol. The van der Waals surface area contributed by atoms with Gasteiger partial charge in [0.2, 0.25) is 5.91 Å². The highest BCUT2D eigenvalue weighted by atomic mass is 16.2. The zero-order valence-corrected chi connectivity index (χ0v) is 10.5. The average Bonchev–Trinajstić information content (AvgIpc) is 3.13. The van der Waals surface area contributed by atoms with Crippen LogP contribution in [0.25, 0.3) is 0 Å². The predicted molar refractivity (Wildman–Crippen MR) is 70.5 cm³/mol. The van der Waals surface area contributed by atoms with E-state index in [1.165, 1.54) is 0 Å². The number of hydrogen-bond donors (Lipinski definition) is 2. The number of hydrogen-bond acceptors (Lipinski definition) is 2. The number of amides is 2. The summed E-state index contributed by atoms with van der Waals surface area (Å²) >= 11 is 0. The molecule has 0 heterocycles. The van der Waals surface area contributed by atoms with Gasteiger partial charge >= 0.3 is 0 Å². The molecule has 0 radical (unpaired) electrons. The quantitative estimate of drug-likeness (QED) is 0.837. The van der Waals surface area contributed by atoms with Crippen LogP contribution in [0.15, 0.2) is 24.3 Å². The fraction of sp³-hybridized carbons (Fsp3) is 0.429. The third-order valence-electron chi connectivity index (χ3n) is 2.80. The Morgan fingerprint density at radius 1 is 1.33 bits per heavy atom. The highest BCUT2D eigenvalue weighted by molar-refractivity contribution is 5.97. The molecule has 1 aliphatic rings. The van der Waals surface area contributed by atoms with Crippen molar-refractivity contribution in [2.75, 3.05) is 5.32 Å². The van der Waals surface area contributed by atoms with Gasteiger partial charge in [-0.1, -0.05) is 13.0 Å². The van der Waals surface area contributed by atoms with E-state index in [9.17, 15) is 9.59 Å². The molecule has 96 valence electrons. The Hall–Kier alpha value is -1.84. The first kappa shape index (κ1) is 12.6. The van der Waals surface area contributed by atoms with E-state index in [4.69, 9.17) is 0 Å². The number of benzene rings is 1. The topological polar surface area (TPSA) is 58.2 Å². The van der Waals surface area contributed by atoms with E-state index >= 15 is 0 Å². The summed E-state index contributed by atoms with van der Waals surface area (Å²) in [6.45, 7) is 1.96. The van der Waals surface area contributed by atoms with Gasteiger partial charge in [0.05, 0.1) is 0 Å². The summed E-state index contributed by atoms with van der Waals surface area (Å²) in [7, 11) is 0. The molecule has 18 heavy (non-hydrogen) atoms. The van der Waals surface area contributed by atoms with Crippen LogP contribution in [0, 0.1) is 0 Å². The molecular weight excluding hydrogens is 228 g/mol. The molecule has 1 aromatic rings. The van der Waals surface area contributed by atoms with E-state index in [1.807, 2.05) is 6.92 Å². The lowest BCUT2D eigenvalue weighted by atomic mass is 10.2. The molecule has 0 spiro atoms. The lowest BCUT2D eigenvalue weighted by Crippen LogP contribution is -2.25. The van der Waals surface area contributed by atoms with Gasteiger partial charge in [-0.2, -0.15) is 0 Å². The first-order chi connectivity index (χ1) is 8.69. The van der Waals surface area contributed by atoms with Crippen LogP contribution in [-0.2, 0) is 4.79 Å². The van der Waals surface area contributed by atoms with Crippen molar-refractivity contribution in [3.8, 4) is 0 Å². The van der Waals surface area contributed by atoms with Crippen molar-refractivity contribution in [3.63, 3.8) is 0 Å². The Kier molecular flexibility index (Phi) is 3.97. The maximum Gasteiger partial charge on any atom is 0.251 e. The second kappa shape index (κ2) is 5.67. The SMILES string of the molecule is CCCC(=O)Nc1cccc(C(=O)NC2CC2)c1. The van der Waals surface area contributed by atoms with Gasteiger partial charge in [-0.3, -0.25) is 9.59 Å². The predicted octanol–water partition coefficient (Wildman–Crippen LogP) is 2.32. The molecule has 0 saturated heterocycles. The lowest BCUT2D eigenvalue weighted by Gasteiger charge is -2.07. The Morgan fingerprint density at radius 3 is 2.78 bits per heavy atom. The molecule has 2 rings (SSSR count). The maximum atomic E-state index is 11.8. The van der Waals surface area contributed by atoms with Crippen molar-refractivity contribution >= 4 is 17.5 Å².